The molecule has 0 atom stereocenters. The zero-order valence-electron chi connectivity index (χ0n) is 24.1. The van der Waals surface area contributed by atoms with Crippen LogP contribution in [0.15, 0.2) is 57.6 Å². The van der Waals surface area contributed by atoms with Gasteiger partial charge < -0.3 is 35.1 Å². The van der Waals surface area contributed by atoms with E-state index in [1.807, 2.05) is 13.8 Å². The van der Waals surface area contributed by atoms with Crippen molar-refractivity contribution in [1.29, 1.82) is 0 Å². The smallest absolute Gasteiger partial charge is 3.00 e. The first-order chi connectivity index (χ1) is 20.0. The predicted molar refractivity (Wildman–Crippen MR) is 168 cm³/mol. The fourth-order valence-corrected chi connectivity index (χ4v) is 4.05. The Kier molecular flexibility index (Phi) is 15.5. The largest absolute Gasteiger partial charge is 3.00 e. The summed E-state index contributed by atoms with van der Waals surface area (Å²) in [7, 11) is -10.7. The fourth-order valence-electron chi connectivity index (χ4n) is 3.61. The van der Waals surface area contributed by atoms with Crippen molar-refractivity contribution in [2.75, 3.05) is 26.2 Å². The van der Waals surface area contributed by atoms with E-state index >= 15 is 0 Å². The van der Waals surface area contributed by atoms with Crippen LogP contribution in [0, 0.1) is 0 Å². The molecule has 4 heterocycles. The van der Waals surface area contributed by atoms with Crippen molar-refractivity contribution in [3.8, 4) is 0 Å². The molecule has 0 saturated carbocycles. The van der Waals surface area contributed by atoms with Crippen LogP contribution in [0.25, 0.3) is 0 Å². The number of piperidine rings is 2. The molecule has 20 heteroatoms. The maximum absolute atomic E-state index is 10.7. The van der Waals surface area contributed by atoms with E-state index in [2.05, 4.69) is 50.1 Å². The summed E-state index contributed by atoms with van der Waals surface area (Å²) in [6.45, 7) is 7.66. The summed E-state index contributed by atoms with van der Waals surface area (Å²) in [4.78, 5) is 20.5. The van der Waals surface area contributed by atoms with Crippen LogP contribution < -0.4 is 0 Å². The predicted octanol–water partition coefficient (Wildman–Crippen LogP) is 6.18. The zero-order valence-corrected chi connectivity index (χ0v) is 29.1. The number of rotatable bonds is 4. The quantitative estimate of drug-likeness (QED) is 0.0697. The van der Waals surface area contributed by atoms with Gasteiger partial charge in [-0.1, -0.05) is 0 Å². The van der Waals surface area contributed by atoms with Crippen LogP contribution in [-0.4, -0.2) is 97.5 Å². The first-order valence-electron chi connectivity index (χ1n) is 13.2. The van der Waals surface area contributed by atoms with Crippen LogP contribution in [0.2, 0.25) is 0 Å². The van der Waals surface area contributed by atoms with Gasteiger partial charge in [0.2, 0.25) is 0 Å². The first kappa shape index (κ1) is 39.6. The Morgan fingerprint density at radius 1 is 0.614 bits per heavy atom. The van der Waals surface area contributed by atoms with Gasteiger partial charge in [-0.2, -0.15) is 20.4 Å². The summed E-state index contributed by atoms with van der Waals surface area (Å²) in [5.74, 6) is 0. The second kappa shape index (κ2) is 17.3. The van der Waals surface area contributed by atoms with E-state index < -0.39 is 7.81 Å². The summed E-state index contributed by atoms with van der Waals surface area (Å²) in [6.07, 6.45) is 17.2. The molecule has 4 rings (SSSR count). The molecule has 2 fully saturated rings. The molecular formula is C24H32F6GaN10PS2. The molecule has 0 amide bonds. The molecule has 0 spiro atoms. The molecule has 44 heavy (non-hydrogen) atoms. The number of hydrogen-bond donors (Lipinski definition) is 0. The third-order valence-electron chi connectivity index (χ3n) is 5.69. The van der Waals surface area contributed by atoms with Gasteiger partial charge in [0, 0.05) is 61.3 Å². The minimum absolute atomic E-state index is 0. The maximum atomic E-state index is 9.87. The van der Waals surface area contributed by atoms with Gasteiger partial charge in [-0.3, -0.25) is 19.9 Å². The number of halogens is 6. The monoisotopic (exact) mass is 738 g/mol. The normalized spacial score (nSPS) is 18.4. The average Bonchev–Trinajstić information content (AvgIpc) is 2.99. The number of nitrogens with zero attached hydrogens (tertiary/aromatic N) is 10. The molecule has 2 aliphatic heterocycles. The van der Waals surface area contributed by atoms with Crippen LogP contribution in [0.3, 0.4) is 0 Å². The Bertz CT molecular complexity index is 1180. The molecule has 10 nitrogen and oxygen atoms in total. The third kappa shape index (κ3) is 19.0. The van der Waals surface area contributed by atoms with Crippen LogP contribution in [0.4, 0.5) is 25.2 Å². The second-order valence-corrected chi connectivity index (χ2v) is 12.0. The summed E-state index contributed by atoms with van der Waals surface area (Å²) in [6, 6.07) is 0. The van der Waals surface area contributed by atoms with Crippen LogP contribution in [-0.2, 0) is 25.3 Å². The minimum atomic E-state index is -10.7. The van der Waals surface area contributed by atoms with Crippen molar-refractivity contribution in [2.45, 2.75) is 52.4 Å². The maximum Gasteiger partial charge on any atom is 3.00 e. The summed E-state index contributed by atoms with van der Waals surface area (Å²) < 4.78 is 59.2. The van der Waals surface area contributed by atoms with E-state index in [0.717, 1.165) is 49.0 Å². The second-order valence-electron chi connectivity index (χ2n) is 9.37. The van der Waals surface area contributed by atoms with E-state index in [1.165, 1.54) is 38.5 Å². The Balaban J connectivity index is 0.000000357. The Hall–Kier alpha value is -2.47. The van der Waals surface area contributed by atoms with E-state index in [-0.39, 0.29) is 19.8 Å². The van der Waals surface area contributed by atoms with Crippen LogP contribution in [0.5, 0.6) is 0 Å². The summed E-state index contributed by atoms with van der Waals surface area (Å²) in [5, 5.41) is 17.6. The van der Waals surface area contributed by atoms with Crippen molar-refractivity contribution in [2.24, 2.45) is 20.4 Å². The molecule has 0 N–H and O–H groups in total. The third-order valence-corrected chi connectivity index (χ3v) is 6.37. The van der Waals surface area contributed by atoms with Crippen molar-refractivity contribution in [1.82, 2.24) is 29.7 Å². The van der Waals surface area contributed by atoms with Crippen molar-refractivity contribution in [3.05, 3.63) is 48.6 Å². The summed E-state index contributed by atoms with van der Waals surface area (Å²) >= 11 is 10.5. The number of amidine groups is 2. The van der Waals surface area contributed by atoms with E-state index in [4.69, 9.17) is 25.3 Å². The van der Waals surface area contributed by atoms with E-state index in [9.17, 15) is 25.2 Å². The molecular weight excluding hydrogens is 707 g/mol. The molecule has 0 aliphatic carbocycles. The van der Waals surface area contributed by atoms with Crippen molar-refractivity contribution < 1.29 is 25.2 Å². The Labute approximate surface area is 276 Å². The first-order valence-corrected chi connectivity index (χ1v) is 16.0. The van der Waals surface area contributed by atoms with Gasteiger partial charge in [0.25, 0.3) is 0 Å². The SMILES string of the molecule is C/C(=N\N=C(/[S-])N1CCCCC1)c1cnccn1.C/C(=N\N=C(/[S-])N1CCCCC1)c1cnccn1.F[P-](F)(F)(F)(F)F.[Ga+3]. The summed E-state index contributed by atoms with van der Waals surface area (Å²) in [5.41, 5.74) is 2.90. The zero-order chi connectivity index (χ0) is 32.0. The van der Waals surface area contributed by atoms with Gasteiger partial charge in [0.1, 0.15) is 11.4 Å². The number of aromatic nitrogens is 4. The molecule has 0 radical (unpaired) electrons. The fraction of sp³-hybridized carbons (Fsp3) is 0.500. The number of likely N-dealkylation sites (tertiary alicyclic amines) is 2. The molecule has 0 bridgehead atoms. The molecule has 0 aromatic carbocycles. The number of hydrogen-bond acceptors (Lipinski definition) is 10. The van der Waals surface area contributed by atoms with E-state index in [0.29, 0.717) is 10.3 Å². The van der Waals surface area contributed by atoms with Gasteiger partial charge in [0.05, 0.1) is 23.8 Å². The molecule has 240 valence electrons. The standard InChI is InChI=1S/2C12H17N5S.F6P.Ga/c2*1-10(11-9-13-5-6-14-11)15-16-12(18)17-7-3-2-4-8-17;1-7(2,3,4,5)6;/h2*5-6,9H,2-4,7-8H2,1H3,(H,16,18);;/q;;-1;+3/p-2/b2*15-10+;;. The van der Waals surface area contributed by atoms with Gasteiger partial charge in [-0.25, -0.2) is 0 Å². The van der Waals surface area contributed by atoms with Gasteiger partial charge in [-0.05, 0) is 52.4 Å². The molecule has 2 aromatic rings. The van der Waals surface area contributed by atoms with Gasteiger partial charge in [-0.15, -0.1) is 0 Å². The van der Waals surface area contributed by atoms with Crippen LogP contribution >= 0.6 is 7.81 Å². The Morgan fingerprint density at radius 3 is 1.20 bits per heavy atom. The molecule has 0 unspecified atom stereocenters. The topological polar surface area (TPSA) is 107 Å². The minimum Gasteiger partial charge on any atom is 3.00 e. The van der Waals surface area contributed by atoms with Crippen molar-refractivity contribution in [3.63, 3.8) is 0 Å². The van der Waals surface area contributed by atoms with E-state index in [1.54, 1.807) is 37.2 Å². The average molecular weight is 739 g/mol. The molecule has 2 saturated heterocycles. The van der Waals surface area contributed by atoms with Crippen molar-refractivity contribution >= 4 is 74.6 Å². The van der Waals surface area contributed by atoms with Gasteiger partial charge in [0.15, 0.2) is 0 Å². The van der Waals surface area contributed by atoms with Gasteiger partial charge >= 0.3 is 52.8 Å². The Morgan fingerprint density at radius 2 is 0.932 bits per heavy atom. The van der Waals surface area contributed by atoms with Crippen LogP contribution in [0.1, 0.15) is 63.8 Å². The molecule has 2 aliphatic rings. The molecule has 2 aromatic heterocycles.